The number of aryl methyl sites for hydroxylation is 1. The lowest BCUT2D eigenvalue weighted by Crippen LogP contribution is -2.06. The topological polar surface area (TPSA) is 34.5 Å². The Bertz CT molecular complexity index is 500. The van der Waals surface area contributed by atoms with Crippen molar-refractivity contribution >= 4 is 17.3 Å². The Hall–Kier alpha value is -1.87. The summed E-state index contributed by atoms with van der Waals surface area (Å²) >= 11 is 5.83. The van der Waals surface area contributed by atoms with E-state index in [0.29, 0.717) is 10.7 Å². The number of nitrogens with zero attached hydrogens (tertiary/aromatic N) is 2. The van der Waals surface area contributed by atoms with E-state index in [-0.39, 0.29) is 0 Å². The second kappa shape index (κ2) is 5.65. The van der Waals surface area contributed by atoms with Gasteiger partial charge in [-0.2, -0.15) is 0 Å². The van der Waals surface area contributed by atoms with Crippen LogP contribution in [0.2, 0.25) is 5.02 Å². The molecule has 0 radical (unpaired) electrons. The Kier molecular flexibility index (Phi) is 3.95. The molecule has 0 bridgehead atoms. The van der Waals surface area contributed by atoms with Gasteiger partial charge in [0.05, 0.1) is 10.7 Å². The van der Waals surface area contributed by atoms with E-state index < -0.39 is 0 Å². The van der Waals surface area contributed by atoms with Crippen molar-refractivity contribution in [3.63, 3.8) is 0 Å². The Labute approximate surface area is 111 Å². The highest BCUT2D eigenvalue weighted by Gasteiger charge is 2.09. The number of hydrogen-bond acceptors (Lipinski definition) is 3. The standard InChI is InChI=1S/C14H13ClN2O/c1-10-3-5-11(6-4-10)14(17-18-2)13-8-7-12(15)9-16-13/h3-9H,1-2H3/b17-14-. The van der Waals surface area contributed by atoms with Crippen LogP contribution in [0.3, 0.4) is 0 Å². The quantitative estimate of drug-likeness (QED) is 0.626. The summed E-state index contributed by atoms with van der Waals surface area (Å²) in [6, 6.07) is 11.6. The molecule has 0 fully saturated rings. The van der Waals surface area contributed by atoms with Gasteiger partial charge < -0.3 is 4.84 Å². The fourth-order valence-electron chi connectivity index (χ4n) is 1.57. The molecule has 0 spiro atoms. The van der Waals surface area contributed by atoms with Crippen molar-refractivity contribution in [1.82, 2.24) is 4.98 Å². The third-order valence-corrected chi connectivity index (χ3v) is 2.70. The van der Waals surface area contributed by atoms with Gasteiger partial charge in [0, 0.05) is 11.8 Å². The van der Waals surface area contributed by atoms with Gasteiger partial charge in [-0.1, -0.05) is 46.6 Å². The highest BCUT2D eigenvalue weighted by Crippen LogP contribution is 2.13. The molecule has 0 atom stereocenters. The second-order valence-corrected chi connectivity index (χ2v) is 4.29. The molecule has 0 amide bonds. The molecule has 0 N–H and O–H groups in total. The average molecular weight is 261 g/mol. The van der Waals surface area contributed by atoms with Crippen LogP contribution in [-0.4, -0.2) is 17.8 Å². The second-order valence-electron chi connectivity index (χ2n) is 3.85. The SMILES string of the molecule is CO/N=C(/c1ccc(C)cc1)c1ccc(Cl)cn1. The molecule has 1 aromatic heterocycles. The van der Waals surface area contributed by atoms with Crippen LogP contribution in [0.15, 0.2) is 47.8 Å². The molecule has 1 aromatic carbocycles. The van der Waals surface area contributed by atoms with Gasteiger partial charge in [-0.25, -0.2) is 0 Å². The maximum absolute atomic E-state index is 5.83. The third-order valence-electron chi connectivity index (χ3n) is 2.48. The molecule has 0 aliphatic rings. The summed E-state index contributed by atoms with van der Waals surface area (Å²) < 4.78 is 0. The van der Waals surface area contributed by atoms with Crippen LogP contribution < -0.4 is 0 Å². The van der Waals surface area contributed by atoms with Gasteiger partial charge in [0.1, 0.15) is 12.8 Å². The Morgan fingerprint density at radius 3 is 2.44 bits per heavy atom. The summed E-state index contributed by atoms with van der Waals surface area (Å²) in [5.74, 6) is 0. The molecule has 2 rings (SSSR count). The van der Waals surface area contributed by atoms with E-state index in [9.17, 15) is 0 Å². The predicted octanol–water partition coefficient (Wildman–Crippen LogP) is 3.44. The van der Waals surface area contributed by atoms with E-state index in [2.05, 4.69) is 10.1 Å². The van der Waals surface area contributed by atoms with Crippen molar-refractivity contribution in [2.24, 2.45) is 5.16 Å². The van der Waals surface area contributed by atoms with Gasteiger partial charge in [-0.05, 0) is 19.1 Å². The fraction of sp³-hybridized carbons (Fsp3) is 0.143. The Morgan fingerprint density at radius 1 is 1.17 bits per heavy atom. The van der Waals surface area contributed by atoms with Gasteiger partial charge in [-0.15, -0.1) is 0 Å². The minimum atomic E-state index is 0.597. The van der Waals surface area contributed by atoms with Crippen molar-refractivity contribution in [3.05, 3.63) is 64.4 Å². The molecule has 2 aromatic rings. The van der Waals surface area contributed by atoms with Gasteiger partial charge in [0.25, 0.3) is 0 Å². The number of benzene rings is 1. The fourth-order valence-corrected chi connectivity index (χ4v) is 1.68. The molecule has 0 aliphatic heterocycles. The Morgan fingerprint density at radius 2 is 1.89 bits per heavy atom. The average Bonchev–Trinajstić information content (AvgIpc) is 2.39. The van der Waals surface area contributed by atoms with Crippen molar-refractivity contribution in [2.45, 2.75) is 6.92 Å². The largest absolute Gasteiger partial charge is 0.399 e. The molecule has 18 heavy (non-hydrogen) atoms. The smallest absolute Gasteiger partial charge is 0.135 e. The number of halogens is 1. The van der Waals surface area contributed by atoms with E-state index in [0.717, 1.165) is 11.3 Å². The Balaban J connectivity index is 2.43. The van der Waals surface area contributed by atoms with Crippen molar-refractivity contribution in [3.8, 4) is 0 Å². The van der Waals surface area contributed by atoms with Crippen LogP contribution in [-0.2, 0) is 4.84 Å². The maximum Gasteiger partial charge on any atom is 0.135 e. The summed E-state index contributed by atoms with van der Waals surface area (Å²) in [5.41, 5.74) is 3.57. The lowest BCUT2D eigenvalue weighted by Gasteiger charge is -2.05. The molecule has 1 heterocycles. The molecule has 0 unspecified atom stereocenters. The van der Waals surface area contributed by atoms with Crippen LogP contribution in [0, 0.1) is 6.92 Å². The predicted molar refractivity (Wildman–Crippen MR) is 73.1 cm³/mol. The van der Waals surface area contributed by atoms with E-state index in [1.807, 2.05) is 37.3 Å². The number of hydrogen-bond donors (Lipinski definition) is 0. The lowest BCUT2D eigenvalue weighted by molar-refractivity contribution is 0.214. The highest BCUT2D eigenvalue weighted by atomic mass is 35.5. The molecular formula is C14H13ClN2O. The summed E-state index contributed by atoms with van der Waals surface area (Å²) in [6.07, 6.45) is 1.59. The van der Waals surface area contributed by atoms with Gasteiger partial charge in [-0.3, -0.25) is 4.98 Å². The van der Waals surface area contributed by atoms with Gasteiger partial charge in [0.15, 0.2) is 0 Å². The number of rotatable bonds is 3. The van der Waals surface area contributed by atoms with Crippen molar-refractivity contribution in [1.29, 1.82) is 0 Å². The first-order valence-corrected chi connectivity index (χ1v) is 5.88. The zero-order valence-electron chi connectivity index (χ0n) is 10.2. The summed E-state index contributed by atoms with van der Waals surface area (Å²) in [4.78, 5) is 9.14. The monoisotopic (exact) mass is 260 g/mol. The summed E-state index contributed by atoms with van der Waals surface area (Å²) in [6.45, 7) is 2.04. The van der Waals surface area contributed by atoms with Crippen LogP contribution in [0.25, 0.3) is 0 Å². The molecular weight excluding hydrogens is 248 g/mol. The van der Waals surface area contributed by atoms with Crippen LogP contribution >= 0.6 is 11.6 Å². The van der Waals surface area contributed by atoms with Crippen molar-refractivity contribution in [2.75, 3.05) is 7.11 Å². The van der Waals surface area contributed by atoms with Crippen LogP contribution in [0.5, 0.6) is 0 Å². The molecule has 3 nitrogen and oxygen atoms in total. The first kappa shape index (κ1) is 12.6. The minimum Gasteiger partial charge on any atom is -0.399 e. The molecule has 4 heteroatoms. The molecule has 0 aliphatic carbocycles. The van der Waals surface area contributed by atoms with E-state index >= 15 is 0 Å². The minimum absolute atomic E-state index is 0.597. The molecule has 0 saturated heterocycles. The number of pyridine rings is 1. The first-order valence-electron chi connectivity index (χ1n) is 5.51. The lowest BCUT2D eigenvalue weighted by atomic mass is 10.1. The molecule has 0 saturated carbocycles. The normalized spacial score (nSPS) is 11.4. The zero-order valence-corrected chi connectivity index (χ0v) is 11.0. The van der Waals surface area contributed by atoms with E-state index in [4.69, 9.17) is 16.4 Å². The third kappa shape index (κ3) is 2.87. The number of oxime groups is 1. The first-order chi connectivity index (χ1) is 8.70. The number of aromatic nitrogens is 1. The van der Waals surface area contributed by atoms with Gasteiger partial charge in [0.2, 0.25) is 0 Å². The van der Waals surface area contributed by atoms with Crippen molar-refractivity contribution < 1.29 is 4.84 Å². The zero-order chi connectivity index (χ0) is 13.0. The van der Waals surface area contributed by atoms with E-state index in [1.54, 1.807) is 12.3 Å². The van der Waals surface area contributed by atoms with Crippen LogP contribution in [0.4, 0.5) is 0 Å². The highest BCUT2D eigenvalue weighted by molar-refractivity contribution is 6.30. The van der Waals surface area contributed by atoms with E-state index in [1.165, 1.54) is 12.7 Å². The summed E-state index contributed by atoms with van der Waals surface area (Å²) in [7, 11) is 1.52. The summed E-state index contributed by atoms with van der Waals surface area (Å²) in [5, 5.41) is 4.63. The maximum atomic E-state index is 5.83. The van der Waals surface area contributed by atoms with Crippen LogP contribution in [0.1, 0.15) is 16.8 Å². The molecule has 92 valence electrons. The van der Waals surface area contributed by atoms with Gasteiger partial charge >= 0.3 is 0 Å².